The van der Waals surface area contributed by atoms with Crippen molar-refractivity contribution in [2.45, 2.75) is 25.3 Å². The third kappa shape index (κ3) is 2.92. The number of fused-ring (bicyclic) bond motifs is 1. The van der Waals surface area contributed by atoms with Crippen molar-refractivity contribution in [1.82, 2.24) is 14.5 Å². The van der Waals surface area contributed by atoms with Crippen LogP contribution in [0.4, 0.5) is 0 Å². The number of hydrogen-bond donors (Lipinski definition) is 1. The number of nitrogens with zero attached hydrogens (tertiary/aromatic N) is 3. The first-order valence-corrected chi connectivity index (χ1v) is 8.70. The number of carboxylic acid groups (broad SMARTS) is 1. The molecule has 6 heteroatoms. The number of aromatic nitrogens is 2. The number of hydrogen-bond acceptors (Lipinski definition) is 3. The van der Waals surface area contributed by atoms with Gasteiger partial charge in [0, 0.05) is 31.9 Å². The fourth-order valence-electron chi connectivity index (χ4n) is 4.13. The van der Waals surface area contributed by atoms with Crippen LogP contribution >= 0.6 is 0 Å². The number of aryl methyl sites for hydroxylation is 1. The number of carboxylic acids is 1. The van der Waals surface area contributed by atoms with Crippen molar-refractivity contribution in [3.8, 4) is 0 Å². The molecule has 0 saturated carbocycles. The molecule has 1 unspecified atom stereocenters. The van der Waals surface area contributed by atoms with Crippen molar-refractivity contribution < 1.29 is 14.7 Å². The second kappa shape index (κ2) is 6.35. The van der Waals surface area contributed by atoms with Crippen LogP contribution in [0.1, 0.15) is 23.9 Å². The Morgan fingerprint density at radius 3 is 2.76 bits per heavy atom. The lowest BCUT2D eigenvalue weighted by atomic mass is 9.90. The average molecular weight is 339 g/mol. The van der Waals surface area contributed by atoms with E-state index < -0.39 is 11.9 Å². The molecule has 2 aliphatic rings. The van der Waals surface area contributed by atoms with Crippen LogP contribution < -0.4 is 0 Å². The number of carbonyl (C=O) groups is 2. The minimum atomic E-state index is -0.814. The number of aliphatic carboxylic acids is 1. The summed E-state index contributed by atoms with van der Waals surface area (Å²) in [6.07, 6.45) is 5.79. The standard InChI is InChI=1S/C19H21N3O3/c23-18(16-6-7-17-20-8-9-22(16)17)21-11-14(15(12-21)19(24)25)10-13-4-2-1-3-5-13/h1-5,8-9,14-16H,6-7,10-12H2,(H,24,25)/t14-,15-,16?/m1/s1. The summed E-state index contributed by atoms with van der Waals surface area (Å²) in [5.74, 6) is -0.405. The second-order valence-corrected chi connectivity index (χ2v) is 6.94. The van der Waals surface area contributed by atoms with E-state index in [0.29, 0.717) is 19.5 Å². The molecule has 6 nitrogen and oxygen atoms in total. The van der Waals surface area contributed by atoms with Gasteiger partial charge in [-0.05, 0) is 24.3 Å². The molecule has 4 rings (SSSR count). The Balaban J connectivity index is 1.50. The molecule has 0 bridgehead atoms. The third-order valence-electron chi connectivity index (χ3n) is 5.42. The van der Waals surface area contributed by atoms with E-state index in [1.54, 1.807) is 11.1 Å². The second-order valence-electron chi connectivity index (χ2n) is 6.94. The Labute approximate surface area is 146 Å². The van der Waals surface area contributed by atoms with Crippen molar-refractivity contribution in [3.05, 3.63) is 54.1 Å². The number of rotatable bonds is 4. The molecule has 2 aromatic rings. The zero-order chi connectivity index (χ0) is 17.4. The highest BCUT2D eigenvalue weighted by atomic mass is 16.4. The lowest BCUT2D eigenvalue weighted by molar-refractivity contribution is -0.142. The highest BCUT2D eigenvalue weighted by molar-refractivity contribution is 5.82. The summed E-state index contributed by atoms with van der Waals surface area (Å²) < 4.78 is 1.93. The smallest absolute Gasteiger partial charge is 0.308 e. The molecule has 1 N–H and O–H groups in total. The van der Waals surface area contributed by atoms with Crippen molar-refractivity contribution in [2.24, 2.45) is 11.8 Å². The van der Waals surface area contributed by atoms with E-state index in [9.17, 15) is 14.7 Å². The van der Waals surface area contributed by atoms with Gasteiger partial charge in [-0.2, -0.15) is 0 Å². The third-order valence-corrected chi connectivity index (χ3v) is 5.42. The van der Waals surface area contributed by atoms with E-state index in [4.69, 9.17) is 0 Å². The van der Waals surface area contributed by atoms with Gasteiger partial charge in [-0.3, -0.25) is 9.59 Å². The van der Waals surface area contributed by atoms with Gasteiger partial charge in [0.05, 0.1) is 5.92 Å². The van der Waals surface area contributed by atoms with Gasteiger partial charge in [0.2, 0.25) is 5.91 Å². The van der Waals surface area contributed by atoms with Crippen LogP contribution in [0.15, 0.2) is 42.7 Å². The van der Waals surface area contributed by atoms with Gasteiger partial charge in [0.25, 0.3) is 0 Å². The predicted octanol–water partition coefficient (Wildman–Crippen LogP) is 1.77. The molecule has 25 heavy (non-hydrogen) atoms. The molecular formula is C19H21N3O3. The van der Waals surface area contributed by atoms with E-state index in [1.165, 1.54) is 0 Å². The van der Waals surface area contributed by atoms with Crippen molar-refractivity contribution in [2.75, 3.05) is 13.1 Å². The summed E-state index contributed by atoms with van der Waals surface area (Å²) >= 11 is 0. The monoisotopic (exact) mass is 339 g/mol. The van der Waals surface area contributed by atoms with Crippen molar-refractivity contribution in [3.63, 3.8) is 0 Å². The summed E-state index contributed by atoms with van der Waals surface area (Å²) in [4.78, 5) is 30.7. The van der Waals surface area contributed by atoms with Crippen molar-refractivity contribution >= 4 is 11.9 Å². The SMILES string of the molecule is O=C(O)[C@@H]1CN(C(=O)C2CCc3nccn32)C[C@H]1Cc1ccccc1. The van der Waals surface area contributed by atoms with Gasteiger partial charge in [0.1, 0.15) is 11.9 Å². The quantitative estimate of drug-likeness (QED) is 0.921. The molecule has 3 atom stereocenters. The number of carbonyl (C=O) groups excluding carboxylic acids is 1. The van der Waals surface area contributed by atoms with Gasteiger partial charge < -0.3 is 14.6 Å². The van der Waals surface area contributed by atoms with Crippen LogP contribution in [0, 0.1) is 11.8 Å². The zero-order valence-corrected chi connectivity index (χ0v) is 13.9. The maximum atomic E-state index is 13.0. The van der Waals surface area contributed by atoms with Gasteiger partial charge in [-0.25, -0.2) is 4.98 Å². The molecule has 1 aromatic carbocycles. The Kier molecular flexibility index (Phi) is 4.03. The van der Waals surface area contributed by atoms with E-state index in [0.717, 1.165) is 24.2 Å². The van der Waals surface area contributed by atoms with Crippen LogP contribution in [-0.4, -0.2) is 44.5 Å². The number of imidazole rings is 1. The molecule has 1 amide bonds. The van der Waals surface area contributed by atoms with E-state index >= 15 is 0 Å². The first-order valence-electron chi connectivity index (χ1n) is 8.70. The van der Waals surface area contributed by atoms with E-state index in [2.05, 4.69) is 4.98 Å². The van der Waals surface area contributed by atoms with Gasteiger partial charge >= 0.3 is 5.97 Å². The molecule has 0 spiro atoms. The molecule has 1 aromatic heterocycles. The Bertz CT molecular complexity index is 786. The maximum absolute atomic E-state index is 13.0. The number of benzene rings is 1. The molecule has 3 heterocycles. The average Bonchev–Trinajstić information content (AvgIpc) is 3.30. The summed E-state index contributed by atoms with van der Waals surface area (Å²) in [7, 11) is 0. The van der Waals surface area contributed by atoms with Crippen LogP contribution in [0.2, 0.25) is 0 Å². The zero-order valence-electron chi connectivity index (χ0n) is 13.9. The van der Waals surface area contributed by atoms with Crippen LogP contribution in [-0.2, 0) is 22.4 Å². The molecule has 1 saturated heterocycles. The lowest BCUT2D eigenvalue weighted by Crippen LogP contribution is -2.35. The minimum Gasteiger partial charge on any atom is -0.481 e. The van der Waals surface area contributed by atoms with E-state index in [1.807, 2.05) is 41.1 Å². The minimum absolute atomic E-state index is 0.0264. The van der Waals surface area contributed by atoms with Crippen LogP contribution in [0.5, 0.6) is 0 Å². The van der Waals surface area contributed by atoms with Gasteiger partial charge in [-0.1, -0.05) is 30.3 Å². The highest BCUT2D eigenvalue weighted by Gasteiger charge is 2.42. The highest BCUT2D eigenvalue weighted by Crippen LogP contribution is 2.32. The van der Waals surface area contributed by atoms with E-state index in [-0.39, 0.29) is 17.9 Å². The first-order chi connectivity index (χ1) is 12.1. The Hall–Kier alpha value is -2.63. The molecule has 130 valence electrons. The molecule has 0 aliphatic carbocycles. The lowest BCUT2D eigenvalue weighted by Gasteiger charge is -2.21. The Morgan fingerprint density at radius 2 is 2.00 bits per heavy atom. The maximum Gasteiger partial charge on any atom is 0.308 e. The fourth-order valence-corrected chi connectivity index (χ4v) is 4.13. The van der Waals surface area contributed by atoms with Gasteiger partial charge in [0.15, 0.2) is 0 Å². The normalized spacial score (nSPS) is 25.1. The van der Waals surface area contributed by atoms with Crippen molar-refractivity contribution in [1.29, 1.82) is 0 Å². The first kappa shape index (κ1) is 15.9. The summed E-state index contributed by atoms with van der Waals surface area (Å²) in [5.41, 5.74) is 1.12. The van der Waals surface area contributed by atoms with Gasteiger partial charge in [-0.15, -0.1) is 0 Å². The predicted molar refractivity (Wildman–Crippen MR) is 90.9 cm³/mol. The fraction of sp³-hybridized carbons (Fsp3) is 0.421. The summed E-state index contributed by atoms with van der Waals surface area (Å²) in [6, 6.07) is 9.66. The van der Waals surface area contributed by atoms with Crippen LogP contribution in [0.3, 0.4) is 0 Å². The number of amides is 1. The van der Waals surface area contributed by atoms with Crippen LogP contribution in [0.25, 0.3) is 0 Å². The summed E-state index contributed by atoms with van der Waals surface area (Å²) in [6.45, 7) is 0.803. The molecule has 2 aliphatic heterocycles. The molecule has 0 radical (unpaired) electrons. The molecule has 1 fully saturated rings. The summed E-state index contributed by atoms with van der Waals surface area (Å²) in [5, 5.41) is 9.60. The largest absolute Gasteiger partial charge is 0.481 e. The topological polar surface area (TPSA) is 75.4 Å². The Morgan fingerprint density at radius 1 is 1.20 bits per heavy atom. The number of likely N-dealkylation sites (tertiary alicyclic amines) is 1. The molecular weight excluding hydrogens is 318 g/mol.